The minimum atomic E-state index is -1.27. The van der Waals surface area contributed by atoms with Crippen LogP contribution < -0.4 is 5.84 Å². The topological polar surface area (TPSA) is 124 Å². The zero-order chi connectivity index (χ0) is 17.1. The van der Waals surface area contributed by atoms with Crippen molar-refractivity contribution >= 4 is 18.0 Å². The molecule has 1 aliphatic carbocycles. The molecule has 1 aliphatic rings. The Morgan fingerprint density at radius 1 is 1.35 bits per heavy atom. The summed E-state index contributed by atoms with van der Waals surface area (Å²) >= 11 is 0. The molecule has 5 N–H and O–H groups in total. The van der Waals surface area contributed by atoms with Crippen LogP contribution in [0.15, 0.2) is 47.7 Å². The highest BCUT2D eigenvalue weighted by Crippen LogP contribution is 2.26. The number of carboxylic acids is 1. The number of benzene rings is 1. The summed E-state index contributed by atoms with van der Waals surface area (Å²) < 4.78 is 0. The number of rotatable bonds is 3. The molecule has 0 fully saturated rings. The summed E-state index contributed by atoms with van der Waals surface area (Å²) in [6.07, 6.45) is 5.15. The van der Waals surface area contributed by atoms with Crippen LogP contribution in [0.4, 0.5) is 0 Å². The van der Waals surface area contributed by atoms with Crippen LogP contribution in [0.2, 0.25) is 0 Å². The molecule has 0 saturated heterocycles. The van der Waals surface area contributed by atoms with E-state index < -0.39 is 18.0 Å². The Kier molecular flexibility index (Phi) is 4.63. The number of aliphatic hydroxyl groups is 1. The van der Waals surface area contributed by atoms with Crippen LogP contribution >= 0.6 is 0 Å². The molecule has 0 saturated carbocycles. The number of allylic oxidation sites excluding steroid dienone is 2. The van der Waals surface area contributed by atoms with E-state index in [1.807, 2.05) is 0 Å². The molecule has 0 bridgehead atoms. The van der Waals surface area contributed by atoms with Crippen molar-refractivity contribution in [3.63, 3.8) is 0 Å². The third kappa shape index (κ3) is 3.47. The van der Waals surface area contributed by atoms with Gasteiger partial charge in [0.15, 0.2) is 0 Å². The fourth-order valence-electron chi connectivity index (χ4n) is 2.15. The van der Waals surface area contributed by atoms with Gasteiger partial charge >= 0.3 is 5.97 Å². The van der Waals surface area contributed by atoms with Crippen molar-refractivity contribution in [3.05, 3.63) is 58.8 Å². The lowest BCUT2D eigenvalue weighted by Crippen LogP contribution is -2.37. The van der Waals surface area contributed by atoms with Crippen molar-refractivity contribution in [1.29, 1.82) is 0 Å². The highest BCUT2D eigenvalue weighted by atomic mass is 16.4. The molecular formula is C16H16N2O5. The number of aromatic hydroxyl groups is 1. The molecule has 1 aromatic carbocycles. The maximum absolute atomic E-state index is 11.5. The number of nitrogens with zero attached hydrogens (tertiary/aromatic N) is 1. The second-order valence-electron chi connectivity index (χ2n) is 4.95. The Hall–Kier alpha value is -2.90. The number of hydrogen-bond acceptors (Lipinski definition) is 5. The summed E-state index contributed by atoms with van der Waals surface area (Å²) in [6, 6.07) is 4.00. The first-order chi connectivity index (χ1) is 10.8. The highest BCUT2D eigenvalue weighted by molar-refractivity contribution is 5.91. The Morgan fingerprint density at radius 3 is 2.65 bits per heavy atom. The monoisotopic (exact) mass is 316 g/mol. The van der Waals surface area contributed by atoms with E-state index in [0.29, 0.717) is 16.8 Å². The number of carbonyl (C=O) groups is 2. The van der Waals surface area contributed by atoms with Gasteiger partial charge in [-0.3, -0.25) is 4.79 Å². The van der Waals surface area contributed by atoms with Gasteiger partial charge in [-0.25, -0.2) is 15.6 Å². The summed E-state index contributed by atoms with van der Waals surface area (Å²) in [5.74, 6) is 3.65. The van der Waals surface area contributed by atoms with Crippen LogP contribution in [0, 0.1) is 0 Å². The van der Waals surface area contributed by atoms with Gasteiger partial charge in [-0.2, -0.15) is 0 Å². The third-order valence-electron chi connectivity index (χ3n) is 3.33. The van der Waals surface area contributed by atoms with E-state index in [0.717, 1.165) is 5.01 Å². The van der Waals surface area contributed by atoms with Crippen molar-refractivity contribution in [1.82, 2.24) is 5.01 Å². The summed E-state index contributed by atoms with van der Waals surface area (Å²) in [6.45, 7) is 1.28. The number of hydrazine groups is 1. The lowest BCUT2D eigenvalue weighted by molar-refractivity contribution is -0.127. The largest absolute Gasteiger partial charge is 0.507 e. The molecule has 23 heavy (non-hydrogen) atoms. The van der Waals surface area contributed by atoms with Crippen LogP contribution in [0.3, 0.4) is 0 Å². The van der Waals surface area contributed by atoms with E-state index in [4.69, 9.17) is 10.9 Å². The van der Waals surface area contributed by atoms with E-state index in [1.54, 1.807) is 12.2 Å². The van der Waals surface area contributed by atoms with Crippen LogP contribution in [0.5, 0.6) is 5.75 Å². The quantitative estimate of drug-likeness (QED) is 0.375. The average molecular weight is 316 g/mol. The lowest BCUT2D eigenvalue weighted by atomic mass is 9.97. The third-order valence-corrected chi connectivity index (χ3v) is 3.33. The fourth-order valence-corrected chi connectivity index (χ4v) is 2.15. The Labute approximate surface area is 132 Å². The lowest BCUT2D eigenvalue weighted by Gasteiger charge is -2.25. The molecule has 0 spiro atoms. The van der Waals surface area contributed by atoms with Gasteiger partial charge < -0.3 is 15.3 Å². The molecule has 0 heterocycles. The number of aliphatic hydroxyl groups excluding tert-OH is 1. The molecular weight excluding hydrogens is 300 g/mol. The number of aromatic carboxylic acids is 1. The van der Waals surface area contributed by atoms with E-state index >= 15 is 0 Å². The van der Waals surface area contributed by atoms with Gasteiger partial charge in [0, 0.05) is 12.5 Å². The molecule has 1 amide bonds. The summed E-state index contributed by atoms with van der Waals surface area (Å²) in [7, 11) is 0. The van der Waals surface area contributed by atoms with Gasteiger partial charge in [0.25, 0.3) is 0 Å². The maximum Gasteiger partial charge on any atom is 0.339 e. The Morgan fingerprint density at radius 2 is 2.04 bits per heavy atom. The zero-order valence-corrected chi connectivity index (χ0v) is 12.3. The van der Waals surface area contributed by atoms with Crippen molar-refractivity contribution in [2.45, 2.75) is 13.0 Å². The minimum absolute atomic E-state index is 0.262. The normalized spacial score (nSPS) is 18.7. The summed E-state index contributed by atoms with van der Waals surface area (Å²) in [5, 5.41) is 29.6. The smallest absolute Gasteiger partial charge is 0.339 e. The second-order valence-corrected chi connectivity index (χ2v) is 4.95. The molecule has 120 valence electrons. The van der Waals surface area contributed by atoms with Crippen molar-refractivity contribution < 1.29 is 24.9 Å². The van der Waals surface area contributed by atoms with Crippen molar-refractivity contribution in [2.75, 3.05) is 0 Å². The first kappa shape index (κ1) is 16.5. The molecule has 2 rings (SSSR count). The number of amides is 1. The van der Waals surface area contributed by atoms with Gasteiger partial charge in [0.05, 0.1) is 11.8 Å². The predicted molar refractivity (Wildman–Crippen MR) is 83.0 cm³/mol. The van der Waals surface area contributed by atoms with Crippen LogP contribution in [0.1, 0.15) is 22.8 Å². The van der Waals surface area contributed by atoms with Crippen LogP contribution in [-0.2, 0) is 4.79 Å². The molecule has 1 aromatic rings. The number of carboxylic acid groups (broad SMARTS) is 1. The fraction of sp³-hybridized carbons (Fsp3) is 0.125. The van der Waals surface area contributed by atoms with Crippen molar-refractivity contribution in [3.8, 4) is 5.75 Å². The summed E-state index contributed by atoms with van der Waals surface area (Å²) in [4.78, 5) is 22.5. The molecule has 0 aromatic heterocycles. The van der Waals surface area contributed by atoms with Gasteiger partial charge in [-0.05, 0) is 29.8 Å². The average Bonchev–Trinajstić information content (AvgIpc) is 2.49. The predicted octanol–water partition coefficient (Wildman–Crippen LogP) is 1.01. The summed E-state index contributed by atoms with van der Waals surface area (Å²) in [5.41, 5.74) is 0.818. The SMILES string of the molecule is CC(=O)N(N)C1=CC=CC(O)C1=Cc1ccc(O)c(C(=O)O)c1. The molecule has 7 heteroatoms. The second kappa shape index (κ2) is 6.47. The van der Waals surface area contributed by atoms with Gasteiger partial charge in [0.2, 0.25) is 5.91 Å². The van der Waals surface area contributed by atoms with Crippen molar-refractivity contribution in [2.24, 2.45) is 5.84 Å². The number of phenols is 1. The van der Waals surface area contributed by atoms with E-state index in [1.165, 1.54) is 37.3 Å². The number of nitrogens with two attached hydrogens (primary N) is 1. The maximum atomic E-state index is 11.5. The van der Waals surface area contributed by atoms with Gasteiger partial charge in [-0.1, -0.05) is 18.2 Å². The first-order valence-electron chi connectivity index (χ1n) is 6.71. The van der Waals surface area contributed by atoms with E-state index in [2.05, 4.69) is 0 Å². The first-order valence-corrected chi connectivity index (χ1v) is 6.71. The van der Waals surface area contributed by atoms with E-state index in [9.17, 15) is 19.8 Å². The molecule has 0 aliphatic heterocycles. The standard InChI is InChI=1S/C16H16N2O5/c1-9(19)18(17)13-3-2-4-14(20)11(13)7-10-5-6-15(21)12(8-10)16(22)23/h2-8,14,20-21H,17H2,1H3,(H,22,23). The Bertz CT molecular complexity index is 749. The zero-order valence-electron chi connectivity index (χ0n) is 12.3. The van der Waals surface area contributed by atoms with Crippen LogP contribution in [-0.4, -0.2) is 38.3 Å². The number of carbonyl (C=O) groups excluding carboxylic acids is 1. The Balaban J connectivity index is 2.49. The highest BCUT2D eigenvalue weighted by Gasteiger charge is 2.22. The minimum Gasteiger partial charge on any atom is -0.507 e. The van der Waals surface area contributed by atoms with Crippen LogP contribution in [0.25, 0.3) is 6.08 Å². The molecule has 7 nitrogen and oxygen atoms in total. The van der Waals surface area contributed by atoms with Gasteiger partial charge in [-0.15, -0.1) is 0 Å². The van der Waals surface area contributed by atoms with Gasteiger partial charge in [0.1, 0.15) is 11.3 Å². The molecule has 0 radical (unpaired) electrons. The molecule has 1 unspecified atom stereocenters. The van der Waals surface area contributed by atoms with E-state index in [-0.39, 0.29) is 11.3 Å². The molecule has 1 atom stereocenters. The number of hydrogen-bond donors (Lipinski definition) is 4.